The van der Waals surface area contributed by atoms with Gasteiger partial charge in [0, 0.05) is 18.7 Å². The summed E-state index contributed by atoms with van der Waals surface area (Å²) in [6, 6.07) is 2.15. The molecule has 0 aromatic heterocycles. The Morgan fingerprint density at radius 3 is 2.47 bits per heavy atom. The predicted molar refractivity (Wildman–Crippen MR) is 81.5 cm³/mol. The van der Waals surface area contributed by atoms with Crippen molar-refractivity contribution < 1.29 is 5.11 Å². The largest absolute Gasteiger partial charge is 0.507 e. The van der Waals surface area contributed by atoms with E-state index in [-0.39, 0.29) is 5.41 Å². The van der Waals surface area contributed by atoms with Crippen LogP contribution >= 0.6 is 0 Å². The van der Waals surface area contributed by atoms with Crippen LogP contribution in [0.3, 0.4) is 0 Å². The minimum absolute atomic E-state index is 0.0248. The van der Waals surface area contributed by atoms with E-state index < -0.39 is 0 Å². The zero-order chi connectivity index (χ0) is 14.2. The molecule has 2 nitrogen and oxygen atoms in total. The van der Waals surface area contributed by atoms with Gasteiger partial charge in [0.15, 0.2) is 0 Å². The molecule has 0 radical (unpaired) electrons. The van der Waals surface area contributed by atoms with E-state index in [0.717, 1.165) is 30.5 Å². The third-order valence-corrected chi connectivity index (χ3v) is 4.05. The molecule has 1 aliphatic heterocycles. The van der Waals surface area contributed by atoms with Crippen molar-refractivity contribution in [3.63, 3.8) is 0 Å². The smallest absolute Gasteiger partial charge is 0.122 e. The van der Waals surface area contributed by atoms with Gasteiger partial charge in [-0.1, -0.05) is 26.8 Å². The van der Waals surface area contributed by atoms with E-state index in [4.69, 9.17) is 0 Å². The van der Waals surface area contributed by atoms with Crippen molar-refractivity contribution in [3.05, 3.63) is 28.3 Å². The minimum atomic E-state index is -0.0248. The zero-order valence-corrected chi connectivity index (χ0v) is 12.8. The Kier molecular flexibility index (Phi) is 3.71. The molecule has 0 spiro atoms. The molecule has 1 heterocycles. The predicted octanol–water partition coefficient (Wildman–Crippen LogP) is 4.08. The number of rotatable bonds is 2. The number of aryl methyl sites for hydroxylation is 1. The van der Waals surface area contributed by atoms with E-state index in [2.05, 4.69) is 38.8 Å². The Morgan fingerprint density at radius 1 is 1.26 bits per heavy atom. The van der Waals surface area contributed by atoms with Crippen molar-refractivity contribution in [2.45, 2.75) is 59.3 Å². The molecule has 0 amide bonds. The van der Waals surface area contributed by atoms with Crippen molar-refractivity contribution in [1.82, 2.24) is 0 Å². The third kappa shape index (κ3) is 2.83. The molecule has 2 heteroatoms. The Labute approximate surface area is 116 Å². The summed E-state index contributed by atoms with van der Waals surface area (Å²) < 4.78 is 0. The molecule has 0 bridgehead atoms. The summed E-state index contributed by atoms with van der Waals surface area (Å²) in [4.78, 5) is 4.55. The van der Waals surface area contributed by atoms with Gasteiger partial charge in [-0.15, -0.1) is 0 Å². The summed E-state index contributed by atoms with van der Waals surface area (Å²) >= 11 is 0. The first-order valence-electron chi connectivity index (χ1n) is 7.15. The van der Waals surface area contributed by atoms with Gasteiger partial charge in [0.25, 0.3) is 0 Å². The van der Waals surface area contributed by atoms with Crippen LogP contribution in [0.5, 0.6) is 5.75 Å². The number of aliphatic imine (C=N–C) groups is 1. The van der Waals surface area contributed by atoms with Crippen LogP contribution in [0.25, 0.3) is 0 Å². The van der Waals surface area contributed by atoms with Gasteiger partial charge in [-0.2, -0.15) is 0 Å². The molecule has 0 fully saturated rings. The molecule has 104 valence electrons. The van der Waals surface area contributed by atoms with Gasteiger partial charge in [0.2, 0.25) is 0 Å². The molecule has 0 saturated carbocycles. The first-order valence-corrected chi connectivity index (χ1v) is 7.15. The summed E-state index contributed by atoms with van der Waals surface area (Å²) in [7, 11) is 0. The van der Waals surface area contributed by atoms with Crippen LogP contribution < -0.4 is 0 Å². The summed E-state index contributed by atoms with van der Waals surface area (Å²) in [5.41, 5.74) is 5.86. The molecule has 19 heavy (non-hydrogen) atoms. The lowest BCUT2D eigenvalue weighted by molar-refractivity contribution is 0.442. The van der Waals surface area contributed by atoms with Crippen LogP contribution in [0, 0.1) is 13.8 Å². The van der Waals surface area contributed by atoms with E-state index in [1.165, 1.54) is 23.3 Å². The number of nitrogens with zero attached hydrogens (tertiary/aromatic N) is 1. The molecule has 1 aromatic rings. The maximum absolute atomic E-state index is 10.5. The second-order valence-electron chi connectivity index (χ2n) is 6.67. The monoisotopic (exact) mass is 259 g/mol. The van der Waals surface area contributed by atoms with E-state index in [0.29, 0.717) is 5.75 Å². The second-order valence-corrected chi connectivity index (χ2v) is 6.67. The van der Waals surface area contributed by atoms with Gasteiger partial charge in [-0.3, -0.25) is 4.99 Å². The van der Waals surface area contributed by atoms with Crippen molar-refractivity contribution >= 4 is 5.71 Å². The highest BCUT2D eigenvalue weighted by Gasteiger charge is 2.22. The molecule has 0 unspecified atom stereocenters. The Hall–Kier alpha value is -1.31. The Balaban J connectivity index is 2.43. The van der Waals surface area contributed by atoms with Gasteiger partial charge in [0.1, 0.15) is 5.75 Å². The summed E-state index contributed by atoms with van der Waals surface area (Å²) in [5, 5.41) is 10.5. The fourth-order valence-corrected chi connectivity index (χ4v) is 2.80. The first-order chi connectivity index (χ1) is 8.80. The molecule has 0 atom stereocenters. The fourth-order valence-electron chi connectivity index (χ4n) is 2.80. The highest BCUT2D eigenvalue weighted by atomic mass is 16.3. The van der Waals surface area contributed by atoms with Gasteiger partial charge >= 0.3 is 0 Å². The lowest BCUT2D eigenvalue weighted by Gasteiger charge is -2.24. The summed E-state index contributed by atoms with van der Waals surface area (Å²) in [6.45, 7) is 11.6. The molecule has 2 rings (SSSR count). The van der Waals surface area contributed by atoms with Gasteiger partial charge in [0.05, 0.1) is 0 Å². The van der Waals surface area contributed by atoms with Crippen molar-refractivity contribution in [2.24, 2.45) is 4.99 Å². The van der Waals surface area contributed by atoms with Crippen molar-refractivity contribution in [2.75, 3.05) is 6.54 Å². The van der Waals surface area contributed by atoms with Gasteiger partial charge < -0.3 is 5.11 Å². The molecular formula is C17H25NO. The number of aromatic hydroxyl groups is 1. The molecule has 1 aromatic carbocycles. The highest BCUT2D eigenvalue weighted by Crippen LogP contribution is 2.36. The average Bonchev–Trinajstić information content (AvgIpc) is 2.80. The lowest BCUT2D eigenvalue weighted by atomic mass is 9.82. The van der Waals surface area contributed by atoms with Crippen molar-refractivity contribution in [1.29, 1.82) is 0 Å². The maximum atomic E-state index is 10.5. The molecule has 1 aliphatic rings. The molecule has 1 N–H and O–H groups in total. The molecule has 0 saturated heterocycles. The summed E-state index contributed by atoms with van der Waals surface area (Å²) in [5.74, 6) is 0.465. The van der Waals surface area contributed by atoms with E-state index in [1.54, 1.807) is 0 Å². The second kappa shape index (κ2) is 4.99. The highest BCUT2D eigenvalue weighted by molar-refractivity contribution is 5.88. The van der Waals surface area contributed by atoms with E-state index in [9.17, 15) is 5.11 Å². The normalized spacial score (nSPS) is 15.7. The maximum Gasteiger partial charge on any atom is 0.122 e. The number of phenols is 1. The van der Waals surface area contributed by atoms with Gasteiger partial charge in [-0.05, 0) is 54.4 Å². The fraction of sp³-hybridized carbons (Fsp3) is 0.588. The third-order valence-electron chi connectivity index (χ3n) is 4.05. The van der Waals surface area contributed by atoms with Crippen LogP contribution in [0.4, 0.5) is 0 Å². The first kappa shape index (κ1) is 14.1. The SMILES string of the molecule is Cc1cc(C(C)(C)C)c(O)c(C)c1CC1=NCCC1. The van der Waals surface area contributed by atoms with Crippen LogP contribution in [-0.4, -0.2) is 17.4 Å². The molecular weight excluding hydrogens is 234 g/mol. The van der Waals surface area contributed by atoms with Crippen LogP contribution in [-0.2, 0) is 11.8 Å². The number of benzene rings is 1. The van der Waals surface area contributed by atoms with Gasteiger partial charge in [-0.25, -0.2) is 0 Å². The van der Waals surface area contributed by atoms with E-state index in [1.807, 2.05) is 6.92 Å². The van der Waals surface area contributed by atoms with E-state index >= 15 is 0 Å². The average molecular weight is 259 g/mol. The Bertz CT molecular complexity index is 521. The Morgan fingerprint density at radius 2 is 1.95 bits per heavy atom. The molecule has 0 aliphatic carbocycles. The zero-order valence-electron chi connectivity index (χ0n) is 12.8. The quantitative estimate of drug-likeness (QED) is 0.852. The van der Waals surface area contributed by atoms with Crippen LogP contribution in [0.1, 0.15) is 55.9 Å². The lowest BCUT2D eigenvalue weighted by Crippen LogP contribution is -2.14. The minimum Gasteiger partial charge on any atom is -0.507 e. The summed E-state index contributed by atoms with van der Waals surface area (Å²) in [6.07, 6.45) is 3.19. The topological polar surface area (TPSA) is 32.6 Å². The number of hydrogen-bond acceptors (Lipinski definition) is 2. The van der Waals surface area contributed by atoms with Crippen LogP contribution in [0.2, 0.25) is 0 Å². The number of phenolic OH excluding ortho intramolecular Hbond substituents is 1. The standard InChI is InChI=1S/C17H25NO/c1-11-9-15(17(3,4)5)16(19)12(2)14(11)10-13-7-6-8-18-13/h9,19H,6-8,10H2,1-5H3. The van der Waals surface area contributed by atoms with Crippen molar-refractivity contribution in [3.8, 4) is 5.75 Å². The number of hydrogen-bond donors (Lipinski definition) is 1. The van der Waals surface area contributed by atoms with Crippen LogP contribution in [0.15, 0.2) is 11.1 Å².